The molecule has 10 heteroatoms. The second-order valence-corrected chi connectivity index (χ2v) is 11.4. The quantitative estimate of drug-likeness (QED) is 0.275. The normalized spacial score (nSPS) is 16.0. The molecule has 1 aliphatic heterocycles. The van der Waals surface area contributed by atoms with Gasteiger partial charge in [-0.2, -0.15) is 5.10 Å². The number of hydrogen-bond donors (Lipinski definition) is 3. The van der Waals surface area contributed by atoms with Gasteiger partial charge < -0.3 is 20.1 Å². The number of halogens is 2. The van der Waals surface area contributed by atoms with Gasteiger partial charge in [-0.3, -0.25) is 10.1 Å². The summed E-state index contributed by atoms with van der Waals surface area (Å²) in [5.41, 5.74) is 2.52. The zero-order valence-electron chi connectivity index (χ0n) is 21.2. The SMILES string of the molecule is C[C@@H](Oc1ccc2[nH]nc(-c3ccc(N4CC(C)(NCC(C)(C)O)C4)nc3)c2c1)c1c(Cl)cncc1Cl. The lowest BCUT2D eigenvalue weighted by molar-refractivity contribution is 0.0664. The monoisotopic (exact) mass is 540 g/mol. The van der Waals surface area contributed by atoms with E-state index in [1.54, 1.807) is 26.2 Å². The fourth-order valence-corrected chi connectivity index (χ4v) is 5.24. The Morgan fingerprint density at radius 3 is 2.54 bits per heavy atom. The third-order valence-corrected chi connectivity index (χ3v) is 7.12. The van der Waals surface area contributed by atoms with Crippen molar-refractivity contribution in [2.45, 2.75) is 44.9 Å². The molecule has 1 aliphatic rings. The van der Waals surface area contributed by atoms with Crippen LogP contribution in [-0.2, 0) is 0 Å². The number of ether oxygens (including phenoxy) is 1. The van der Waals surface area contributed by atoms with Crippen molar-refractivity contribution in [2.75, 3.05) is 24.5 Å². The summed E-state index contributed by atoms with van der Waals surface area (Å²) in [6.07, 6.45) is 4.60. The third kappa shape index (κ3) is 5.52. The van der Waals surface area contributed by atoms with Crippen LogP contribution in [0.15, 0.2) is 48.9 Å². The molecular weight excluding hydrogens is 511 g/mol. The van der Waals surface area contributed by atoms with Gasteiger partial charge in [-0.15, -0.1) is 0 Å². The fourth-order valence-electron chi connectivity index (χ4n) is 4.57. The minimum Gasteiger partial charge on any atom is -0.486 e. The van der Waals surface area contributed by atoms with Crippen LogP contribution >= 0.6 is 23.2 Å². The molecule has 194 valence electrons. The third-order valence-electron chi connectivity index (χ3n) is 6.52. The van der Waals surface area contributed by atoms with Gasteiger partial charge in [-0.1, -0.05) is 23.2 Å². The average Bonchev–Trinajstić information content (AvgIpc) is 3.24. The Balaban J connectivity index is 1.31. The van der Waals surface area contributed by atoms with Gasteiger partial charge in [0.05, 0.1) is 26.7 Å². The van der Waals surface area contributed by atoms with Crippen LogP contribution in [0.4, 0.5) is 5.82 Å². The van der Waals surface area contributed by atoms with Crippen LogP contribution in [-0.4, -0.2) is 56.0 Å². The summed E-state index contributed by atoms with van der Waals surface area (Å²) in [5, 5.41) is 22.9. The Labute approximate surface area is 226 Å². The van der Waals surface area contributed by atoms with E-state index < -0.39 is 5.60 Å². The summed E-state index contributed by atoms with van der Waals surface area (Å²) in [6.45, 7) is 9.87. The summed E-state index contributed by atoms with van der Waals surface area (Å²) < 4.78 is 6.18. The van der Waals surface area contributed by atoms with E-state index in [1.165, 1.54) is 0 Å². The molecule has 0 bridgehead atoms. The van der Waals surface area contributed by atoms with Crippen molar-refractivity contribution in [1.82, 2.24) is 25.5 Å². The Morgan fingerprint density at radius 1 is 1.16 bits per heavy atom. The molecule has 1 atom stereocenters. The first kappa shape index (κ1) is 25.7. The number of anilines is 1. The molecule has 4 aromatic rings. The molecule has 0 spiro atoms. The summed E-state index contributed by atoms with van der Waals surface area (Å²) in [6, 6.07) is 9.83. The van der Waals surface area contributed by atoms with Crippen molar-refractivity contribution >= 4 is 39.9 Å². The number of β-amino-alcohol motifs (C(OH)–C–C–N with tert-alkyl or cyclic N) is 1. The molecule has 0 radical (unpaired) electrons. The van der Waals surface area contributed by atoms with Crippen molar-refractivity contribution in [3.63, 3.8) is 0 Å². The molecule has 0 unspecified atom stereocenters. The number of nitrogens with zero attached hydrogens (tertiary/aromatic N) is 4. The lowest BCUT2D eigenvalue weighted by Gasteiger charge is -2.50. The first-order valence-corrected chi connectivity index (χ1v) is 12.9. The first-order chi connectivity index (χ1) is 17.5. The minimum absolute atomic E-state index is 0.0446. The van der Waals surface area contributed by atoms with Crippen LogP contribution in [0.5, 0.6) is 5.75 Å². The van der Waals surface area contributed by atoms with Crippen LogP contribution in [0.25, 0.3) is 22.2 Å². The highest BCUT2D eigenvalue weighted by molar-refractivity contribution is 6.35. The van der Waals surface area contributed by atoms with Crippen LogP contribution in [0.3, 0.4) is 0 Å². The van der Waals surface area contributed by atoms with Crippen LogP contribution in [0, 0.1) is 0 Å². The van der Waals surface area contributed by atoms with Gasteiger partial charge in [-0.05, 0) is 58.0 Å². The molecule has 4 heterocycles. The maximum absolute atomic E-state index is 10.00. The smallest absolute Gasteiger partial charge is 0.128 e. The van der Waals surface area contributed by atoms with Crippen LogP contribution in [0.2, 0.25) is 10.0 Å². The number of benzene rings is 1. The number of aromatic nitrogens is 4. The number of aliphatic hydroxyl groups is 1. The van der Waals surface area contributed by atoms with Crippen LogP contribution < -0.4 is 15.0 Å². The Bertz CT molecular complexity index is 1390. The van der Waals surface area contributed by atoms with E-state index >= 15 is 0 Å². The number of fused-ring (bicyclic) bond motifs is 1. The Kier molecular flexibility index (Phi) is 6.79. The van der Waals surface area contributed by atoms with E-state index in [0.29, 0.717) is 27.9 Å². The van der Waals surface area contributed by atoms with Gasteiger partial charge >= 0.3 is 0 Å². The number of nitrogens with one attached hydrogen (secondary N) is 2. The lowest BCUT2D eigenvalue weighted by atomic mass is 9.91. The number of pyridine rings is 2. The highest BCUT2D eigenvalue weighted by Crippen LogP contribution is 2.35. The molecule has 37 heavy (non-hydrogen) atoms. The molecule has 0 saturated carbocycles. The van der Waals surface area contributed by atoms with E-state index in [1.807, 2.05) is 43.5 Å². The summed E-state index contributed by atoms with van der Waals surface area (Å²) in [7, 11) is 0. The Hall–Kier alpha value is -2.91. The first-order valence-electron chi connectivity index (χ1n) is 12.1. The Morgan fingerprint density at radius 2 is 1.89 bits per heavy atom. The van der Waals surface area contributed by atoms with E-state index in [4.69, 9.17) is 32.9 Å². The van der Waals surface area contributed by atoms with Gasteiger partial charge in [0.2, 0.25) is 0 Å². The van der Waals surface area contributed by atoms with Gasteiger partial charge in [0.15, 0.2) is 0 Å². The van der Waals surface area contributed by atoms with Crippen molar-refractivity contribution < 1.29 is 9.84 Å². The molecule has 0 aliphatic carbocycles. The fraction of sp³-hybridized carbons (Fsp3) is 0.370. The lowest BCUT2D eigenvalue weighted by Crippen LogP contribution is -2.69. The minimum atomic E-state index is -0.738. The topological polar surface area (TPSA) is 99.2 Å². The van der Waals surface area contributed by atoms with Gasteiger partial charge in [-0.25, -0.2) is 4.98 Å². The van der Waals surface area contributed by atoms with Crippen molar-refractivity contribution in [3.8, 4) is 17.0 Å². The van der Waals surface area contributed by atoms with E-state index in [0.717, 1.165) is 41.1 Å². The van der Waals surface area contributed by atoms with Gasteiger partial charge in [0.1, 0.15) is 23.4 Å². The van der Waals surface area contributed by atoms with Crippen molar-refractivity contribution in [1.29, 1.82) is 0 Å². The summed E-state index contributed by atoms with van der Waals surface area (Å²) in [5.74, 6) is 1.59. The molecular formula is C27H30Cl2N6O2. The van der Waals surface area contributed by atoms with Crippen molar-refractivity contribution in [2.24, 2.45) is 0 Å². The predicted octanol–water partition coefficient (Wildman–Crippen LogP) is 5.41. The van der Waals surface area contributed by atoms with E-state index in [2.05, 4.69) is 32.3 Å². The van der Waals surface area contributed by atoms with Crippen molar-refractivity contribution in [3.05, 3.63) is 64.5 Å². The molecule has 8 nitrogen and oxygen atoms in total. The number of aromatic amines is 1. The van der Waals surface area contributed by atoms with Crippen LogP contribution in [0.1, 0.15) is 39.4 Å². The highest BCUT2D eigenvalue weighted by atomic mass is 35.5. The van der Waals surface area contributed by atoms with Gasteiger partial charge in [0.25, 0.3) is 0 Å². The number of rotatable bonds is 8. The van der Waals surface area contributed by atoms with E-state index in [-0.39, 0.29) is 11.6 Å². The average molecular weight is 541 g/mol. The molecule has 3 aromatic heterocycles. The maximum Gasteiger partial charge on any atom is 0.128 e. The molecule has 3 N–H and O–H groups in total. The molecule has 5 rings (SSSR count). The maximum atomic E-state index is 10.00. The van der Waals surface area contributed by atoms with E-state index in [9.17, 15) is 5.11 Å². The summed E-state index contributed by atoms with van der Waals surface area (Å²) >= 11 is 12.6. The number of hydrogen-bond acceptors (Lipinski definition) is 7. The molecule has 0 amide bonds. The standard InChI is InChI=1S/C27H30Cl2N6O2/c1-16(24-20(28)11-30-12-21(24)29)37-18-6-7-22-19(9-18)25(34-33-22)17-5-8-23(31-10-17)35-14-27(4,15-35)32-13-26(2,3)36/h5-12,16,32,36H,13-15H2,1-4H3,(H,33,34)/t16-/m1/s1. The largest absolute Gasteiger partial charge is 0.486 e. The second kappa shape index (κ2) is 9.76. The zero-order chi connectivity index (χ0) is 26.4. The zero-order valence-corrected chi connectivity index (χ0v) is 22.7. The number of H-pyrrole nitrogens is 1. The predicted molar refractivity (Wildman–Crippen MR) is 148 cm³/mol. The molecule has 1 saturated heterocycles. The van der Waals surface area contributed by atoms with Gasteiger partial charge in [0, 0.05) is 54.7 Å². The second-order valence-electron chi connectivity index (χ2n) is 10.5. The molecule has 1 aromatic carbocycles. The molecule has 1 fully saturated rings. The highest BCUT2D eigenvalue weighted by Gasteiger charge is 2.39. The summed E-state index contributed by atoms with van der Waals surface area (Å²) in [4.78, 5) is 10.9.